The van der Waals surface area contributed by atoms with Gasteiger partial charge in [-0.2, -0.15) is 0 Å². The minimum atomic E-state index is -0.136. The molecule has 2 fully saturated rings. The van der Waals surface area contributed by atoms with Crippen LogP contribution in [0.25, 0.3) is 0 Å². The van der Waals surface area contributed by atoms with Crippen molar-refractivity contribution in [3.63, 3.8) is 0 Å². The van der Waals surface area contributed by atoms with E-state index >= 15 is 0 Å². The maximum Gasteiger partial charge on any atom is 0.136 e. The molecule has 0 radical (unpaired) electrons. The molecule has 4 rings (SSSR count). The van der Waals surface area contributed by atoms with Gasteiger partial charge >= 0.3 is 0 Å². The highest BCUT2D eigenvalue weighted by Crippen LogP contribution is 2.57. The van der Waals surface area contributed by atoms with Gasteiger partial charge in [0.15, 0.2) is 0 Å². The average Bonchev–Trinajstić information content (AvgIpc) is 2.72. The Labute approximate surface area is 210 Å². The van der Waals surface area contributed by atoms with Crippen LogP contribution in [-0.2, 0) is 9.59 Å². The number of fused-ring (bicyclic) bond motifs is 2. The molecule has 192 valence electrons. The first-order chi connectivity index (χ1) is 15.6. The van der Waals surface area contributed by atoms with E-state index in [0.717, 1.165) is 12.8 Å². The van der Waals surface area contributed by atoms with Crippen molar-refractivity contribution < 1.29 is 9.59 Å². The molecule has 4 aliphatic carbocycles. The SMILES string of the molecule is CC(=O)[C@@]1(C)CC=C2CCCC(C)(C)[C@H]2[C@@H]1C.CC(=O)[C@]1(C)CC=C2CCCC(C)(C)[C@@H]2[C@H]1C. The normalized spacial score (nSPS) is 40.4. The van der Waals surface area contributed by atoms with Gasteiger partial charge in [-0.25, -0.2) is 0 Å². The van der Waals surface area contributed by atoms with E-state index in [1.165, 1.54) is 38.5 Å². The van der Waals surface area contributed by atoms with Crippen LogP contribution in [0.1, 0.15) is 121 Å². The second-order valence-electron chi connectivity index (χ2n) is 14.1. The van der Waals surface area contributed by atoms with Crippen molar-refractivity contribution in [3.8, 4) is 0 Å². The van der Waals surface area contributed by atoms with E-state index in [4.69, 9.17) is 0 Å². The average molecular weight is 469 g/mol. The number of Topliss-reactive ketones (excluding diaryl/α,β-unsaturated/α-hetero) is 2. The van der Waals surface area contributed by atoms with E-state index in [1.807, 2.05) is 0 Å². The first-order valence-corrected chi connectivity index (χ1v) is 14.0. The molecule has 0 aliphatic heterocycles. The lowest BCUT2D eigenvalue weighted by Gasteiger charge is -2.52. The quantitative estimate of drug-likeness (QED) is 0.380. The minimum absolute atomic E-state index is 0.136. The van der Waals surface area contributed by atoms with E-state index in [9.17, 15) is 9.59 Å². The molecule has 4 aliphatic rings. The summed E-state index contributed by atoms with van der Waals surface area (Å²) in [5.74, 6) is 2.91. The molecule has 2 nitrogen and oxygen atoms in total. The van der Waals surface area contributed by atoms with Gasteiger partial charge < -0.3 is 0 Å². The van der Waals surface area contributed by atoms with Crippen molar-refractivity contribution in [2.24, 2.45) is 45.3 Å². The minimum Gasteiger partial charge on any atom is -0.299 e. The fraction of sp³-hybridized carbons (Fsp3) is 0.812. The summed E-state index contributed by atoms with van der Waals surface area (Å²) >= 11 is 0. The van der Waals surface area contributed by atoms with Gasteiger partial charge in [-0.1, -0.05) is 78.7 Å². The molecule has 0 amide bonds. The van der Waals surface area contributed by atoms with Gasteiger partial charge in [0.05, 0.1) is 0 Å². The predicted octanol–water partition coefficient (Wildman–Crippen LogP) is 8.75. The summed E-state index contributed by atoms with van der Waals surface area (Å²) < 4.78 is 0. The molecule has 0 saturated heterocycles. The fourth-order valence-electron chi connectivity index (χ4n) is 8.30. The van der Waals surface area contributed by atoms with Crippen LogP contribution in [0.2, 0.25) is 0 Å². The lowest BCUT2D eigenvalue weighted by Crippen LogP contribution is -2.46. The van der Waals surface area contributed by atoms with Gasteiger partial charge in [0, 0.05) is 10.8 Å². The second-order valence-corrected chi connectivity index (χ2v) is 14.1. The van der Waals surface area contributed by atoms with Gasteiger partial charge in [-0.15, -0.1) is 0 Å². The number of hydrogen-bond donors (Lipinski definition) is 0. The highest BCUT2D eigenvalue weighted by Gasteiger charge is 2.50. The van der Waals surface area contributed by atoms with E-state index in [1.54, 1.807) is 25.0 Å². The molecule has 0 aromatic rings. The Kier molecular flexibility index (Phi) is 7.55. The topological polar surface area (TPSA) is 34.1 Å². The first-order valence-electron chi connectivity index (χ1n) is 14.0. The van der Waals surface area contributed by atoms with Crippen LogP contribution in [0.15, 0.2) is 23.3 Å². The Morgan fingerprint density at radius 3 is 1.29 bits per heavy atom. The van der Waals surface area contributed by atoms with Crippen LogP contribution in [0.4, 0.5) is 0 Å². The Balaban J connectivity index is 0.000000191. The summed E-state index contributed by atoms with van der Waals surface area (Å²) in [6.07, 6.45) is 14.4. The summed E-state index contributed by atoms with van der Waals surface area (Å²) in [5.41, 5.74) is 3.72. The highest BCUT2D eigenvalue weighted by atomic mass is 16.1. The molecule has 0 heterocycles. The van der Waals surface area contributed by atoms with Crippen LogP contribution >= 0.6 is 0 Å². The van der Waals surface area contributed by atoms with E-state index in [-0.39, 0.29) is 10.8 Å². The van der Waals surface area contributed by atoms with Gasteiger partial charge in [0.2, 0.25) is 0 Å². The molecule has 0 unspecified atom stereocenters. The first kappa shape index (κ1) is 27.4. The summed E-state index contributed by atoms with van der Waals surface area (Å²) in [5, 5.41) is 0. The maximum absolute atomic E-state index is 12.0. The Bertz CT molecular complexity index is 799. The van der Waals surface area contributed by atoms with E-state index < -0.39 is 0 Å². The van der Waals surface area contributed by atoms with Gasteiger partial charge in [-0.3, -0.25) is 9.59 Å². The molecular weight excluding hydrogens is 416 g/mol. The predicted molar refractivity (Wildman–Crippen MR) is 144 cm³/mol. The smallest absolute Gasteiger partial charge is 0.136 e. The molecule has 0 aromatic heterocycles. The fourth-order valence-corrected chi connectivity index (χ4v) is 8.30. The summed E-state index contributed by atoms with van der Waals surface area (Å²) in [6.45, 7) is 22.0. The molecule has 0 bridgehead atoms. The summed E-state index contributed by atoms with van der Waals surface area (Å²) in [6, 6.07) is 0. The number of carbonyl (C=O) groups is 2. The molecule has 0 aromatic carbocycles. The largest absolute Gasteiger partial charge is 0.299 e. The maximum atomic E-state index is 12.0. The zero-order valence-corrected chi connectivity index (χ0v) is 23.9. The number of carbonyl (C=O) groups excluding carboxylic acids is 2. The van der Waals surface area contributed by atoms with Crippen molar-refractivity contribution in [2.75, 3.05) is 0 Å². The molecule has 2 heteroatoms. The second kappa shape index (κ2) is 9.36. The third kappa shape index (κ3) is 4.64. The van der Waals surface area contributed by atoms with Crippen molar-refractivity contribution in [3.05, 3.63) is 23.3 Å². The van der Waals surface area contributed by atoms with Crippen molar-refractivity contribution in [1.82, 2.24) is 0 Å². The van der Waals surface area contributed by atoms with Gasteiger partial charge in [-0.05, 0) is 99.7 Å². The zero-order chi connectivity index (χ0) is 25.7. The Morgan fingerprint density at radius 2 is 1.00 bits per heavy atom. The third-order valence-corrected chi connectivity index (χ3v) is 11.3. The zero-order valence-electron chi connectivity index (χ0n) is 23.9. The van der Waals surface area contributed by atoms with Gasteiger partial charge in [0.25, 0.3) is 0 Å². The van der Waals surface area contributed by atoms with Crippen molar-refractivity contribution in [2.45, 2.75) is 121 Å². The number of rotatable bonds is 2. The Morgan fingerprint density at radius 1 is 0.676 bits per heavy atom. The van der Waals surface area contributed by atoms with Crippen molar-refractivity contribution >= 4 is 11.6 Å². The highest BCUT2D eigenvalue weighted by molar-refractivity contribution is 5.83. The van der Waals surface area contributed by atoms with Crippen LogP contribution in [0.3, 0.4) is 0 Å². The van der Waals surface area contributed by atoms with Crippen molar-refractivity contribution in [1.29, 1.82) is 0 Å². The molecule has 2 saturated carbocycles. The molecule has 0 spiro atoms. The molecular formula is C32H52O2. The van der Waals surface area contributed by atoms with E-state index in [0.29, 0.717) is 46.1 Å². The monoisotopic (exact) mass is 468 g/mol. The number of ketones is 2. The van der Waals surface area contributed by atoms with E-state index in [2.05, 4.69) is 67.5 Å². The number of allylic oxidation sites excluding steroid dienone is 4. The molecule has 0 N–H and O–H groups in total. The lowest BCUT2D eigenvalue weighted by molar-refractivity contribution is -0.131. The van der Waals surface area contributed by atoms with Crippen LogP contribution < -0.4 is 0 Å². The molecule has 6 atom stereocenters. The van der Waals surface area contributed by atoms with Crippen LogP contribution in [-0.4, -0.2) is 11.6 Å². The third-order valence-electron chi connectivity index (χ3n) is 11.3. The number of hydrogen-bond acceptors (Lipinski definition) is 2. The van der Waals surface area contributed by atoms with Crippen LogP contribution in [0, 0.1) is 45.3 Å². The molecule has 34 heavy (non-hydrogen) atoms. The lowest BCUT2D eigenvalue weighted by atomic mass is 9.52. The van der Waals surface area contributed by atoms with Gasteiger partial charge in [0.1, 0.15) is 11.6 Å². The van der Waals surface area contributed by atoms with Crippen LogP contribution in [0.5, 0.6) is 0 Å². The Hall–Kier alpha value is -1.18. The standard InChI is InChI=1S/2C16H26O/c2*1-11-14-13(7-6-9-15(14,3)4)8-10-16(11,5)12(2)17/h2*8,11,14H,6-7,9-10H2,1-5H3/t2*11-,14-,16-/m10/s1. The summed E-state index contributed by atoms with van der Waals surface area (Å²) in [7, 11) is 0. The summed E-state index contributed by atoms with van der Waals surface area (Å²) in [4.78, 5) is 24.0.